The lowest BCUT2D eigenvalue weighted by Crippen LogP contribution is -2.60. The van der Waals surface area contributed by atoms with Crippen molar-refractivity contribution in [2.45, 2.75) is 31.6 Å². The quantitative estimate of drug-likeness (QED) is 0.835. The number of fused-ring (bicyclic) bond motifs is 1. The molecular weight excluding hydrogens is 242 g/mol. The Morgan fingerprint density at radius 3 is 2.63 bits per heavy atom. The molecular formula is C15H21NO3. The standard InChI is InChI=1S/C15H21NO3/c1-15(2)14(16-7-9-18-10-8-16)13(17)11-5-3-4-6-12(11)19-15/h3-6,13-14,17H,7-10H2,1-2H3. The Hall–Kier alpha value is -1.10. The van der Waals surface area contributed by atoms with Crippen molar-refractivity contribution in [1.29, 1.82) is 0 Å². The second-order valence-corrected chi connectivity index (χ2v) is 5.78. The van der Waals surface area contributed by atoms with Crippen LogP contribution < -0.4 is 4.74 Å². The first kappa shape index (κ1) is 12.9. The summed E-state index contributed by atoms with van der Waals surface area (Å²) in [5.74, 6) is 0.796. The molecule has 2 atom stereocenters. The second-order valence-electron chi connectivity index (χ2n) is 5.78. The molecule has 1 saturated heterocycles. The number of aliphatic hydroxyl groups excluding tert-OH is 1. The van der Waals surface area contributed by atoms with Gasteiger partial charge in [-0.3, -0.25) is 4.90 Å². The fourth-order valence-corrected chi connectivity index (χ4v) is 3.21. The molecule has 19 heavy (non-hydrogen) atoms. The number of rotatable bonds is 1. The number of nitrogens with zero attached hydrogens (tertiary/aromatic N) is 1. The van der Waals surface area contributed by atoms with E-state index in [0.717, 1.165) is 37.6 Å². The third-order valence-electron chi connectivity index (χ3n) is 4.06. The van der Waals surface area contributed by atoms with Gasteiger partial charge in [-0.25, -0.2) is 0 Å². The van der Waals surface area contributed by atoms with Gasteiger partial charge in [-0.1, -0.05) is 18.2 Å². The molecule has 0 radical (unpaired) electrons. The van der Waals surface area contributed by atoms with Crippen LogP contribution in [0.15, 0.2) is 24.3 Å². The summed E-state index contributed by atoms with van der Waals surface area (Å²) in [5.41, 5.74) is 0.476. The topological polar surface area (TPSA) is 41.9 Å². The molecule has 0 aliphatic carbocycles. The van der Waals surface area contributed by atoms with E-state index in [1.54, 1.807) is 0 Å². The highest BCUT2D eigenvalue weighted by molar-refractivity contribution is 5.39. The summed E-state index contributed by atoms with van der Waals surface area (Å²) < 4.78 is 11.5. The van der Waals surface area contributed by atoms with E-state index in [0.29, 0.717) is 0 Å². The Kier molecular flexibility index (Phi) is 3.25. The van der Waals surface area contributed by atoms with Gasteiger partial charge < -0.3 is 14.6 Å². The van der Waals surface area contributed by atoms with Crippen LogP contribution in [0, 0.1) is 0 Å². The molecule has 0 bridgehead atoms. The minimum atomic E-state index is -0.516. The number of morpholine rings is 1. The molecule has 1 N–H and O–H groups in total. The first-order valence-electron chi connectivity index (χ1n) is 6.87. The lowest BCUT2D eigenvalue weighted by atomic mass is 9.84. The van der Waals surface area contributed by atoms with Gasteiger partial charge in [-0.05, 0) is 19.9 Å². The maximum atomic E-state index is 10.7. The molecule has 4 nitrogen and oxygen atoms in total. The van der Waals surface area contributed by atoms with Crippen molar-refractivity contribution in [3.8, 4) is 5.75 Å². The highest BCUT2D eigenvalue weighted by atomic mass is 16.5. The molecule has 0 amide bonds. The van der Waals surface area contributed by atoms with Gasteiger partial charge in [-0.2, -0.15) is 0 Å². The van der Waals surface area contributed by atoms with Gasteiger partial charge in [0.2, 0.25) is 0 Å². The van der Waals surface area contributed by atoms with Gasteiger partial charge in [0.1, 0.15) is 17.5 Å². The van der Waals surface area contributed by atoms with Crippen LogP contribution in [0.2, 0.25) is 0 Å². The molecule has 0 spiro atoms. The Balaban J connectivity index is 1.95. The molecule has 104 valence electrons. The summed E-state index contributed by atoms with van der Waals surface area (Å²) in [4.78, 5) is 2.28. The van der Waals surface area contributed by atoms with Crippen LogP contribution in [0.25, 0.3) is 0 Å². The summed E-state index contributed by atoms with van der Waals surface area (Å²) in [7, 11) is 0. The van der Waals surface area contributed by atoms with Gasteiger partial charge >= 0.3 is 0 Å². The number of para-hydroxylation sites is 1. The maximum absolute atomic E-state index is 10.7. The van der Waals surface area contributed by atoms with Crippen LogP contribution >= 0.6 is 0 Å². The van der Waals surface area contributed by atoms with Crippen LogP contribution in [-0.4, -0.2) is 48.0 Å². The Labute approximate surface area is 113 Å². The zero-order chi connectivity index (χ0) is 13.5. The molecule has 1 aromatic carbocycles. The van der Waals surface area contributed by atoms with Crippen molar-refractivity contribution >= 4 is 0 Å². The minimum absolute atomic E-state index is 0.0358. The monoisotopic (exact) mass is 263 g/mol. The van der Waals surface area contributed by atoms with Gasteiger partial charge in [-0.15, -0.1) is 0 Å². The van der Waals surface area contributed by atoms with Crippen LogP contribution in [0.5, 0.6) is 5.75 Å². The van der Waals surface area contributed by atoms with Gasteiger partial charge in [0.25, 0.3) is 0 Å². The predicted octanol–water partition coefficient (Wildman–Crippen LogP) is 1.59. The van der Waals surface area contributed by atoms with Crippen molar-refractivity contribution in [2.75, 3.05) is 26.3 Å². The summed E-state index contributed by atoms with van der Waals surface area (Å²) >= 11 is 0. The van der Waals surface area contributed by atoms with Crippen molar-refractivity contribution in [3.05, 3.63) is 29.8 Å². The Morgan fingerprint density at radius 2 is 1.89 bits per heavy atom. The third-order valence-corrected chi connectivity index (χ3v) is 4.06. The molecule has 2 aliphatic heterocycles. The summed E-state index contributed by atoms with van der Waals surface area (Å²) in [6.07, 6.45) is -0.516. The van der Waals surface area contributed by atoms with Crippen LogP contribution in [-0.2, 0) is 4.74 Å². The van der Waals surface area contributed by atoms with E-state index in [1.165, 1.54) is 0 Å². The molecule has 3 rings (SSSR count). The number of aliphatic hydroxyl groups is 1. The molecule has 2 unspecified atom stereocenters. The molecule has 0 aromatic heterocycles. The average molecular weight is 263 g/mol. The van der Waals surface area contributed by atoms with E-state index in [1.807, 2.05) is 38.1 Å². The van der Waals surface area contributed by atoms with E-state index in [-0.39, 0.29) is 6.04 Å². The fraction of sp³-hybridized carbons (Fsp3) is 0.600. The van der Waals surface area contributed by atoms with E-state index >= 15 is 0 Å². The third kappa shape index (κ3) is 2.24. The van der Waals surface area contributed by atoms with E-state index < -0.39 is 11.7 Å². The van der Waals surface area contributed by atoms with Gasteiger partial charge in [0, 0.05) is 18.7 Å². The zero-order valence-electron chi connectivity index (χ0n) is 11.5. The number of benzene rings is 1. The van der Waals surface area contributed by atoms with Crippen LogP contribution in [0.1, 0.15) is 25.5 Å². The van der Waals surface area contributed by atoms with Crippen molar-refractivity contribution in [2.24, 2.45) is 0 Å². The SMILES string of the molecule is CC1(C)Oc2ccccc2C(O)C1N1CCOCC1. The van der Waals surface area contributed by atoms with E-state index in [9.17, 15) is 5.11 Å². The predicted molar refractivity (Wildman–Crippen MR) is 72.3 cm³/mol. The fourth-order valence-electron chi connectivity index (χ4n) is 3.21. The Bertz CT molecular complexity index is 454. The Morgan fingerprint density at radius 1 is 1.21 bits per heavy atom. The molecule has 2 heterocycles. The summed E-state index contributed by atoms with van der Waals surface area (Å²) in [5, 5.41) is 10.7. The molecule has 4 heteroatoms. The largest absolute Gasteiger partial charge is 0.486 e. The number of ether oxygens (including phenoxy) is 2. The normalized spacial score (nSPS) is 30.5. The summed E-state index contributed by atoms with van der Waals surface area (Å²) in [6, 6.07) is 7.72. The van der Waals surface area contributed by atoms with Crippen molar-refractivity contribution in [3.63, 3.8) is 0 Å². The number of hydrogen-bond acceptors (Lipinski definition) is 4. The molecule has 1 aromatic rings. The first-order chi connectivity index (χ1) is 9.09. The van der Waals surface area contributed by atoms with Gasteiger partial charge in [0.05, 0.1) is 19.3 Å². The highest BCUT2D eigenvalue weighted by Crippen LogP contribution is 2.41. The lowest BCUT2D eigenvalue weighted by Gasteiger charge is -2.49. The lowest BCUT2D eigenvalue weighted by molar-refractivity contribution is -0.106. The molecule has 2 aliphatic rings. The number of hydrogen-bond donors (Lipinski definition) is 1. The minimum Gasteiger partial charge on any atom is -0.486 e. The maximum Gasteiger partial charge on any atom is 0.126 e. The first-order valence-corrected chi connectivity index (χ1v) is 6.87. The van der Waals surface area contributed by atoms with Gasteiger partial charge in [0.15, 0.2) is 0 Å². The smallest absolute Gasteiger partial charge is 0.126 e. The highest BCUT2D eigenvalue weighted by Gasteiger charge is 2.46. The van der Waals surface area contributed by atoms with E-state index in [4.69, 9.17) is 9.47 Å². The second kappa shape index (κ2) is 4.78. The van der Waals surface area contributed by atoms with Crippen LogP contribution in [0.3, 0.4) is 0 Å². The zero-order valence-corrected chi connectivity index (χ0v) is 11.5. The van der Waals surface area contributed by atoms with E-state index in [2.05, 4.69) is 4.90 Å². The molecule has 1 fully saturated rings. The van der Waals surface area contributed by atoms with Crippen molar-refractivity contribution in [1.82, 2.24) is 4.90 Å². The van der Waals surface area contributed by atoms with Crippen LogP contribution in [0.4, 0.5) is 0 Å². The molecule has 0 saturated carbocycles. The average Bonchev–Trinajstić information content (AvgIpc) is 2.39. The summed E-state index contributed by atoms with van der Waals surface area (Å²) in [6.45, 7) is 7.23. The van der Waals surface area contributed by atoms with Crippen molar-refractivity contribution < 1.29 is 14.6 Å².